The van der Waals surface area contributed by atoms with Crippen molar-refractivity contribution >= 4 is 21.6 Å². The van der Waals surface area contributed by atoms with E-state index in [0.29, 0.717) is 6.54 Å². The molecular weight excluding hydrogens is 216 g/mol. The fraction of sp³-hybridized carbons (Fsp3) is 0.462. The molecule has 1 aromatic heterocycles. The van der Waals surface area contributed by atoms with Crippen LogP contribution in [-0.2, 0) is 5.41 Å². The van der Waals surface area contributed by atoms with Crippen LogP contribution in [0, 0.1) is 13.8 Å². The Labute approximate surface area is 101 Å². The van der Waals surface area contributed by atoms with Crippen molar-refractivity contribution in [2.24, 2.45) is 5.73 Å². The van der Waals surface area contributed by atoms with Gasteiger partial charge in [0.2, 0.25) is 0 Å². The van der Waals surface area contributed by atoms with E-state index in [1.165, 1.54) is 15.8 Å². The zero-order valence-corrected chi connectivity index (χ0v) is 11.1. The lowest BCUT2D eigenvalue weighted by Gasteiger charge is -2.18. The molecule has 0 aliphatic carbocycles. The van der Waals surface area contributed by atoms with Crippen LogP contribution in [0.3, 0.4) is 0 Å². The number of rotatable bonds is 2. The molecule has 16 heavy (non-hydrogen) atoms. The number of nitrogens with two attached hydrogens (primary N) is 1. The molecule has 0 amide bonds. The van der Waals surface area contributed by atoms with Crippen LogP contribution < -0.4 is 5.73 Å². The molecule has 2 nitrogen and oxygen atoms in total. The van der Waals surface area contributed by atoms with Gasteiger partial charge in [-0.2, -0.15) is 0 Å². The number of fused-ring (bicyclic) bond motifs is 1. The first-order valence-electron chi connectivity index (χ1n) is 5.52. The first kappa shape index (κ1) is 11.6. The molecule has 0 bridgehead atoms. The lowest BCUT2D eigenvalue weighted by Crippen LogP contribution is -2.27. The second-order valence-electron chi connectivity index (χ2n) is 5.04. The number of aryl methyl sites for hydroxylation is 2. The van der Waals surface area contributed by atoms with Gasteiger partial charge < -0.3 is 5.73 Å². The molecule has 0 spiro atoms. The Hall–Kier alpha value is -0.930. The minimum absolute atomic E-state index is 0.0238. The number of aromatic nitrogens is 1. The summed E-state index contributed by atoms with van der Waals surface area (Å²) in [4.78, 5) is 4.72. The van der Waals surface area contributed by atoms with E-state index in [4.69, 9.17) is 10.7 Å². The van der Waals surface area contributed by atoms with Crippen LogP contribution in [0.25, 0.3) is 10.2 Å². The zero-order valence-electron chi connectivity index (χ0n) is 10.3. The predicted octanol–water partition coefficient (Wildman–Crippen LogP) is 3.15. The predicted molar refractivity (Wildman–Crippen MR) is 71.2 cm³/mol. The van der Waals surface area contributed by atoms with Gasteiger partial charge >= 0.3 is 0 Å². The summed E-state index contributed by atoms with van der Waals surface area (Å²) in [5.74, 6) is 0. The highest BCUT2D eigenvalue weighted by molar-refractivity contribution is 7.18. The van der Waals surface area contributed by atoms with Gasteiger partial charge in [0, 0.05) is 12.0 Å². The third-order valence-corrected chi connectivity index (χ3v) is 4.48. The maximum absolute atomic E-state index is 5.79. The molecular formula is C13H18N2S. The zero-order chi connectivity index (χ0) is 11.9. The third kappa shape index (κ3) is 1.85. The molecule has 2 aromatic rings. The molecule has 0 fully saturated rings. The van der Waals surface area contributed by atoms with Crippen molar-refractivity contribution < 1.29 is 0 Å². The Morgan fingerprint density at radius 3 is 2.62 bits per heavy atom. The van der Waals surface area contributed by atoms with E-state index in [2.05, 4.69) is 39.8 Å². The van der Waals surface area contributed by atoms with Gasteiger partial charge in [0.1, 0.15) is 5.01 Å². The molecule has 86 valence electrons. The van der Waals surface area contributed by atoms with Gasteiger partial charge in [-0.25, -0.2) is 4.98 Å². The van der Waals surface area contributed by atoms with Crippen molar-refractivity contribution in [2.45, 2.75) is 33.1 Å². The highest BCUT2D eigenvalue weighted by Gasteiger charge is 2.23. The van der Waals surface area contributed by atoms with Gasteiger partial charge in [0.15, 0.2) is 0 Å². The smallest absolute Gasteiger partial charge is 0.101 e. The van der Waals surface area contributed by atoms with Crippen molar-refractivity contribution in [1.82, 2.24) is 4.98 Å². The van der Waals surface area contributed by atoms with Crippen LogP contribution in [0.5, 0.6) is 0 Å². The molecule has 0 saturated carbocycles. The first-order chi connectivity index (χ1) is 7.44. The molecule has 0 aliphatic rings. The SMILES string of the molecule is Cc1cc(C)c2sc(C(C)(C)CN)nc2c1. The summed E-state index contributed by atoms with van der Waals surface area (Å²) in [7, 11) is 0. The highest BCUT2D eigenvalue weighted by atomic mass is 32.1. The van der Waals surface area contributed by atoms with Gasteiger partial charge in [-0.15, -0.1) is 11.3 Å². The number of benzene rings is 1. The van der Waals surface area contributed by atoms with Crippen LogP contribution in [0.15, 0.2) is 12.1 Å². The van der Waals surface area contributed by atoms with Gasteiger partial charge in [-0.05, 0) is 31.0 Å². The summed E-state index contributed by atoms with van der Waals surface area (Å²) in [6, 6.07) is 4.36. The van der Waals surface area contributed by atoms with E-state index in [-0.39, 0.29) is 5.41 Å². The van der Waals surface area contributed by atoms with Crippen LogP contribution in [-0.4, -0.2) is 11.5 Å². The van der Waals surface area contributed by atoms with Crippen LogP contribution in [0.4, 0.5) is 0 Å². The Morgan fingerprint density at radius 1 is 1.31 bits per heavy atom. The van der Waals surface area contributed by atoms with E-state index < -0.39 is 0 Å². The number of thiazole rings is 1. The largest absolute Gasteiger partial charge is 0.330 e. The second-order valence-corrected chi connectivity index (χ2v) is 6.04. The maximum atomic E-state index is 5.79. The third-order valence-electron chi connectivity index (χ3n) is 2.91. The Kier molecular flexibility index (Phi) is 2.76. The quantitative estimate of drug-likeness (QED) is 0.867. The monoisotopic (exact) mass is 234 g/mol. The van der Waals surface area contributed by atoms with E-state index in [1.807, 2.05) is 0 Å². The normalized spacial score (nSPS) is 12.3. The highest BCUT2D eigenvalue weighted by Crippen LogP contribution is 2.33. The number of nitrogens with zero attached hydrogens (tertiary/aromatic N) is 1. The summed E-state index contributed by atoms with van der Waals surface area (Å²) >= 11 is 1.77. The molecule has 0 atom stereocenters. The molecule has 3 heteroatoms. The van der Waals surface area contributed by atoms with Gasteiger partial charge in [0.05, 0.1) is 10.2 Å². The van der Waals surface area contributed by atoms with Crippen molar-refractivity contribution in [3.8, 4) is 0 Å². The van der Waals surface area contributed by atoms with Crippen molar-refractivity contribution in [2.75, 3.05) is 6.54 Å². The van der Waals surface area contributed by atoms with Crippen LogP contribution in [0.2, 0.25) is 0 Å². The topological polar surface area (TPSA) is 38.9 Å². The lowest BCUT2D eigenvalue weighted by atomic mass is 9.95. The first-order valence-corrected chi connectivity index (χ1v) is 6.34. The summed E-state index contributed by atoms with van der Waals surface area (Å²) in [5.41, 5.74) is 9.46. The average Bonchev–Trinajstić information content (AvgIpc) is 2.62. The van der Waals surface area contributed by atoms with Crippen molar-refractivity contribution in [1.29, 1.82) is 0 Å². The molecule has 2 N–H and O–H groups in total. The van der Waals surface area contributed by atoms with Gasteiger partial charge in [0.25, 0.3) is 0 Å². The fourth-order valence-electron chi connectivity index (χ4n) is 1.75. The summed E-state index contributed by atoms with van der Waals surface area (Å²) in [5, 5.41) is 1.14. The van der Waals surface area contributed by atoms with Gasteiger partial charge in [-0.1, -0.05) is 19.9 Å². The van der Waals surface area contributed by atoms with Gasteiger partial charge in [-0.3, -0.25) is 0 Å². The molecule has 1 aromatic carbocycles. The standard InChI is InChI=1S/C13H18N2S/c1-8-5-9(2)11-10(6-8)15-12(16-11)13(3,4)7-14/h5-6H,7,14H2,1-4H3. The fourth-order valence-corrected chi connectivity index (χ4v) is 2.88. The average molecular weight is 234 g/mol. The minimum Gasteiger partial charge on any atom is -0.330 e. The molecule has 0 aliphatic heterocycles. The Bertz CT molecular complexity index is 526. The Morgan fingerprint density at radius 2 is 2.00 bits per heavy atom. The molecule has 0 unspecified atom stereocenters. The van der Waals surface area contributed by atoms with Crippen molar-refractivity contribution in [3.05, 3.63) is 28.3 Å². The number of hydrogen-bond donors (Lipinski definition) is 1. The molecule has 0 radical (unpaired) electrons. The lowest BCUT2D eigenvalue weighted by molar-refractivity contribution is 0.536. The van der Waals surface area contributed by atoms with Crippen LogP contribution in [0.1, 0.15) is 30.0 Å². The minimum atomic E-state index is -0.0238. The molecule has 0 saturated heterocycles. The molecule has 2 rings (SSSR count). The van der Waals surface area contributed by atoms with E-state index in [0.717, 1.165) is 10.5 Å². The Balaban J connectivity index is 2.65. The summed E-state index contributed by atoms with van der Waals surface area (Å²) in [6.07, 6.45) is 0. The summed E-state index contributed by atoms with van der Waals surface area (Å²) in [6.45, 7) is 9.18. The summed E-state index contributed by atoms with van der Waals surface area (Å²) < 4.78 is 1.29. The van der Waals surface area contributed by atoms with E-state index >= 15 is 0 Å². The van der Waals surface area contributed by atoms with Crippen molar-refractivity contribution in [3.63, 3.8) is 0 Å². The number of hydrogen-bond acceptors (Lipinski definition) is 3. The maximum Gasteiger partial charge on any atom is 0.101 e. The second kappa shape index (κ2) is 3.82. The molecule has 1 heterocycles. The van der Waals surface area contributed by atoms with E-state index in [9.17, 15) is 0 Å². The van der Waals surface area contributed by atoms with E-state index in [1.54, 1.807) is 11.3 Å². The van der Waals surface area contributed by atoms with Crippen LogP contribution >= 0.6 is 11.3 Å².